The molecule has 0 bridgehead atoms. The van der Waals surface area contributed by atoms with Crippen molar-refractivity contribution in [2.75, 3.05) is 6.61 Å². The van der Waals surface area contributed by atoms with Gasteiger partial charge in [-0.15, -0.1) is 0 Å². The number of hydrogen-bond acceptors (Lipinski definition) is 2. The Hall–Kier alpha value is -0.790. The van der Waals surface area contributed by atoms with Crippen LogP contribution in [0.5, 0.6) is 0 Å². The first-order valence-electron chi connectivity index (χ1n) is 9.04. The van der Waals surface area contributed by atoms with Gasteiger partial charge in [-0.3, -0.25) is 4.79 Å². The van der Waals surface area contributed by atoms with Crippen LogP contribution in [0, 0.1) is 28.6 Å². The Morgan fingerprint density at radius 2 is 2.09 bits per heavy atom. The number of allylic oxidation sites excluding steroid dienone is 1. The molecule has 0 heterocycles. The predicted octanol–water partition coefficient (Wildman–Crippen LogP) is 5.37. The summed E-state index contributed by atoms with van der Waals surface area (Å²) in [5, 5.41) is 0. The molecule has 2 aliphatic carbocycles. The fourth-order valence-electron chi connectivity index (χ4n) is 5.55. The minimum atomic E-state index is 0.419. The third kappa shape index (κ3) is 3.41. The summed E-state index contributed by atoms with van der Waals surface area (Å²) < 4.78 is 4.92. The van der Waals surface area contributed by atoms with Gasteiger partial charge in [-0.05, 0) is 67.1 Å². The molecule has 0 amide bonds. The summed E-state index contributed by atoms with van der Waals surface area (Å²) in [6, 6.07) is 0. The molecule has 22 heavy (non-hydrogen) atoms. The highest BCUT2D eigenvalue weighted by Gasteiger charge is 2.52. The van der Waals surface area contributed by atoms with Gasteiger partial charge in [0.25, 0.3) is 6.47 Å². The second kappa shape index (κ2) is 6.76. The van der Waals surface area contributed by atoms with E-state index in [9.17, 15) is 4.79 Å². The maximum atomic E-state index is 10.3. The van der Waals surface area contributed by atoms with E-state index in [1.807, 2.05) is 0 Å². The summed E-state index contributed by atoms with van der Waals surface area (Å²) in [4.78, 5) is 10.3. The van der Waals surface area contributed by atoms with Gasteiger partial charge in [0.15, 0.2) is 0 Å². The van der Waals surface area contributed by atoms with Crippen LogP contribution in [-0.4, -0.2) is 13.1 Å². The lowest BCUT2D eigenvalue weighted by Crippen LogP contribution is -2.49. The average molecular weight is 306 g/mol. The zero-order valence-electron chi connectivity index (χ0n) is 15.0. The van der Waals surface area contributed by atoms with Gasteiger partial charge in [-0.2, -0.15) is 0 Å². The summed E-state index contributed by atoms with van der Waals surface area (Å²) in [5.41, 5.74) is 2.36. The van der Waals surface area contributed by atoms with Crippen molar-refractivity contribution in [2.24, 2.45) is 28.6 Å². The van der Waals surface area contributed by atoms with Crippen molar-refractivity contribution < 1.29 is 9.53 Å². The van der Waals surface area contributed by atoms with Gasteiger partial charge in [0, 0.05) is 0 Å². The maximum absolute atomic E-state index is 10.3. The summed E-state index contributed by atoms with van der Waals surface area (Å²) in [7, 11) is 0. The van der Waals surface area contributed by atoms with E-state index in [1.54, 1.807) is 0 Å². The van der Waals surface area contributed by atoms with Crippen LogP contribution in [-0.2, 0) is 9.53 Å². The molecule has 0 spiro atoms. The molecular weight excluding hydrogens is 272 g/mol. The number of rotatable bonds is 6. The van der Waals surface area contributed by atoms with E-state index < -0.39 is 0 Å². The molecule has 4 unspecified atom stereocenters. The van der Waals surface area contributed by atoms with Crippen molar-refractivity contribution in [3.63, 3.8) is 0 Å². The van der Waals surface area contributed by atoms with Crippen LogP contribution in [0.2, 0.25) is 0 Å². The van der Waals surface area contributed by atoms with Crippen LogP contribution < -0.4 is 0 Å². The molecule has 0 aromatic rings. The summed E-state index contributed by atoms with van der Waals surface area (Å²) >= 11 is 0. The second-order valence-corrected chi connectivity index (χ2v) is 8.76. The Balaban J connectivity index is 2.07. The molecule has 2 nitrogen and oxygen atoms in total. The van der Waals surface area contributed by atoms with Crippen LogP contribution in [0.3, 0.4) is 0 Å². The van der Waals surface area contributed by atoms with Gasteiger partial charge in [0.1, 0.15) is 0 Å². The fourth-order valence-corrected chi connectivity index (χ4v) is 5.55. The molecule has 2 aliphatic rings. The lowest BCUT2D eigenvalue weighted by Gasteiger charge is -2.58. The third-order valence-corrected chi connectivity index (χ3v) is 6.72. The lowest BCUT2D eigenvalue weighted by atomic mass is 9.47. The monoisotopic (exact) mass is 306 g/mol. The first-order chi connectivity index (χ1) is 10.3. The number of fused-ring (bicyclic) bond motifs is 1. The SMILES string of the molecule is C=C1CCC2C(C)(C)CCCC2(C)C1CCC(C)COC=O. The minimum Gasteiger partial charge on any atom is -0.468 e. The van der Waals surface area contributed by atoms with E-state index in [0.717, 1.165) is 12.3 Å². The maximum Gasteiger partial charge on any atom is 0.293 e. The van der Waals surface area contributed by atoms with Gasteiger partial charge >= 0.3 is 0 Å². The zero-order chi connectivity index (χ0) is 16.4. The van der Waals surface area contributed by atoms with Crippen molar-refractivity contribution in [2.45, 2.75) is 72.6 Å². The fraction of sp³-hybridized carbons (Fsp3) is 0.850. The Morgan fingerprint density at radius 3 is 2.77 bits per heavy atom. The topological polar surface area (TPSA) is 26.3 Å². The molecule has 0 radical (unpaired) electrons. The Bertz CT molecular complexity index is 412. The van der Waals surface area contributed by atoms with E-state index >= 15 is 0 Å². The molecular formula is C20H34O2. The molecule has 2 rings (SSSR count). The van der Waals surface area contributed by atoms with Crippen molar-refractivity contribution in [1.82, 2.24) is 0 Å². The Morgan fingerprint density at radius 1 is 1.36 bits per heavy atom. The molecule has 0 aromatic carbocycles. The number of ether oxygens (including phenoxy) is 1. The zero-order valence-corrected chi connectivity index (χ0v) is 15.0. The van der Waals surface area contributed by atoms with Crippen molar-refractivity contribution in [3.05, 3.63) is 12.2 Å². The Kier molecular flexibility index (Phi) is 5.40. The van der Waals surface area contributed by atoms with Crippen LogP contribution in [0.25, 0.3) is 0 Å². The first-order valence-corrected chi connectivity index (χ1v) is 9.04. The molecule has 2 heteroatoms. The van der Waals surface area contributed by atoms with E-state index in [2.05, 4.69) is 34.3 Å². The van der Waals surface area contributed by atoms with Crippen LogP contribution in [0.1, 0.15) is 72.6 Å². The van der Waals surface area contributed by atoms with E-state index in [-0.39, 0.29) is 0 Å². The largest absolute Gasteiger partial charge is 0.468 e. The Labute approximate surface area is 136 Å². The highest BCUT2D eigenvalue weighted by atomic mass is 16.5. The van der Waals surface area contributed by atoms with Crippen LogP contribution in [0.4, 0.5) is 0 Å². The first kappa shape index (κ1) is 17.6. The molecule has 0 N–H and O–H groups in total. The van der Waals surface area contributed by atoms with Gasteiger partial charge in [0.05, 0.1) is 6.61 Å². The van der Waals surface area contributed by atoms with Crippen molar-refractivity contribution in [1.29, 1.82) is 0 Å². The second-order valence-electron chi connectivity index (χ2n) is 8.76. The van der Waals surface area contributed by atoms with Crippen LogP contribution >= 0.6 is 0 Å². The number of carbonyl (C=O) groups is 1. The van der Waals surface area contributed by atoms with E-state index in [0.29, 0.717) is 35.7 Å². The smallest absolute Gasteiger partial charge is 0.293 e. The average Bonchev–Trinajstić information content (AvgIpc) is 2.43. The van der Waals surface area contributed by atoms with Gasteiger partial charge in [0.2, 0.25) is 0 Å². The van der Waals surface area contributed by atoms with Crippen molar-refractivity contribution >= 4 is 6.47 Å². The highest BCUT2D eigenvalue weighted by molar-refractivity contribution is 5.36. The molecule has 126 valence electrons. The minimum absolute atomic E-state index is 0.419. The number of carbonyl (C=O) groups excluding carboxylic acids is 1. The molecule has 2 fully saturated rings. The molecule has 0 aromatic heterocycles. The standard InChI is InChI=1S/C20H34O2/c1-15(13-22-14-21)7-9-17-16(2)8-10-18-19(3,4)11-6-12-20(17,18)5/h14-15,17-18H,2,6-13H2,1,3-5H3. The van der Waals surface area contributed by atoms with E-state index in [1.165, 1.54) is 44.1 Å². The summed E-state index contributed by atoms with van der Waals surface area (Å²) in [6.45, 7) is 15.2. The normalized spacial score (nSPS) is 35.5. The van der Waals surface area contributed by atoms with E-state index in [4.69, 9.17) is 4.74 Å². The van der Waals surface area contributed by atoms with Gasteiger partial charge in [-0.1, -0.05) is 46.3 Å². The summed E-state index contributed by atoms with van der Waals surface area (Å²) in [5.74, 6) is 1.91. The third-order valence-electron chi connectivity index (χ3n) is 6.72. The molecule has 4 atom stereocenters. The quantitative estimate of drug-likeness (QED) is 0.487. The highest BCUT2D eigenvalue weighted by Crippen LogP contribution is 2.61. The molecule has 0 aliphatic heterocycles. The van der Waals surface area contributed by atoms with Crippen molar-refractivity contribution in [3.8, 4) is 0 Å². The molecule has 2 saturated carbocycles. The van der Waals surface area contributed by atoms with Crippen LogP contribution in [0.15, 0.2) is 12.2 Å². The molecule has 0 saturated heterocycles. The van der Waals surface area contributed by atoms with Gasteiger partial charge in [-0.25, -0.2) is 0 Å². The lowest BCUT2D eigenvalue weighted by molar-refractivity contribution is -0.130. The van der Waals surface area contributed by atoms with Gasteiger partial charge < -0.3 is 4.74 Å². The summed E-state index contributed by atoms with van der Waals surface area (Å²) in [6.07, 6.45) is 8.93. The predicted molar refractivity (Wildman–Crippen MR) is 91.5 cm³/mol. The number of hydrogen-bond donors (Lipinski definition) is 0.